The summed E-state index contributed by atoms with van der Waals surface area (Å²) in [5.74, 6) is -0.515. The Morgan fingerprint density at radius 1 is 1.35 bits per heavy atom. The first-order valence-corrected chi connectivity index (χ1v) is 8.88. The van der Waals surface area contributed by atoms with Crippen LogP contribution in [0, 0.1) is 0 Å². The zero-order chi connectivity index (χ0) is 17.0. The number of thioether (sulfide) groups is 1. The number of halogens is 2. The van der Waals surface area contributed by atoms with E-state index >= 15 is 0 Å². The normalized spacial score (nSPS) is 18.7. The standard InChI is InChI=1S/C15H17Cl2N3O2S/c1-3-18-15(19-4-2)23-12-8-13(21)20(14(12)22)9-5-6-10(16)11(17)7-9/h5-7,12H,3-4,8H2,1-2H3,(H,18,19)/t12-/m1/s1. The molecule has 0 aliphatic carbocycles. The molecule has 1 atom stereocenters. The van der Waals surface area contributed by atoms with Gasteiger partial charge in [0.1, 0.15) is 5.25 Å². The lowest BCUT2D eigenvalue weighted by Crippen LogP contribution is -2.32. The Labute approximate surface area is 149 Å². The van der Waals surface area contributed by atoms with Gasteiger partial charge in [0.25, 0.3) is 0 Å². The summed E-state index contributed by atoms with van der Waals surface area (Å²) in [5.41, 5.74) is 0.440. The Morgan fingerprint density at radius 2 is 2.09 bits per heavy atom. The molecule has 0 saturated carbocycles. The molecule has 1 saturated heterocycles. The Kier molecular flexibility index (Phi) is 6.33. The lowest BCUT2D eigenvalue weighted by Gasteiger charge is -2.16. The first-order valence-electron chi connectivity index (χ1n) is 7.24. The number of benzene rings is 1. The number of imide groups is 1. The average Bonchev–Trinajstić information content (AvgIpc) is 2.77. The number of rotatable bonds is 4. The van der Waals surface area contributed by atoms with Crippen LogP contribution in [-0.4, -0.2) is 35.3 Å². The highest BCUT2D eigenvalue weighted by molar-refractivity contribution is 8.15. The molecule has 5 nitrogen and oxygen atoms in total. The Hall–Kier alpha value is -1.24. The van der Waals surface area contributed by atoms with Gasteiger partial charge in [-0.1, -0.05) is 35.0 Å². The van der Waals surface area contributed by atoms with E-state index in [9.17, 15) is 9.59 Å². The van der Waals surface area contributed by atoms with Crippen molar-refractivity contribution in [3.05, 3.63) is 28.2 Å². The molecule has 1 heterocycles. The number of nitrogens with zero attached hydrogens (tertiary/aromatic N) is 2. The molecule has 1 aliphatic rings. The predicted octanol–water partition coefficient (Wildman–Crippen LogP) is 3.34. The van der Waals surface area contributed by atoms with Crippen molar-refractivity contribution in [1.82, 2.24) is 5.32 Å². The lowest BCUT2D eigenvalue weighted by molar-refractivity contribution is -0.121. The van der Waals surface area contributed by atoms with Crippen molar-refractivity contribution in [3.8, 4) is 0 Å². The highest BCUT2D eigenvalue weighted by Gasteiger charge is 2.40. The molecule has 0 spiro atoms. The molecule has 0 bridgehead atoms. The maximum Gasteiger partial charge on any atom is 0.247 e. The molecular formula is C15H17Cl2N3O2S. The maximum absolute atomic E-state index is 12.6. The van der Waals surface area contributed by atoms with Crippen molar-refractivity contribution in [1.29, 1.82) is 0 Å². The van der Waals surface area contributed by atoms with Crippen LogP contribution < -0.4 is 10.2 Å². The van der Waals surface area contributed by atoms with Crippen LogP contribution in [0.1, 0.15) is 20.3 Å². The molecule has 1 N–H and O–H groups in total. The van der Waals surface area contributed by atoms with E-state index < -0.39 is 5.25 Å². The average molecular weight is 374 g/mol. The zero-order valence-electron chi connectivity index (χ0n) is 12.8. The third kappa shape index (κ3) is 4.19. The van der Waals surface area contributed by atoms with Gasteiger partial charge >= 0.3 is 0 Å². The van der Waals surface area contributed by atoms with Gasteiger partial charge in [-0.15, -0.1) is 0 Å². The number of carbonyl (C=O) groups excluding carboxylic acids is 2. The Balaban J connectivity index is 2.19. The van der Waals surface area contributed by atoms with Gasteiger partial charge in [-0.3, -0.25) is 14.6 Å². The maximum atomic E-state index is 12.6. The van der Waals surface area contributed by atoms with Crippen molar-refractivity contribution >= 4 is 57.6 Å². The van der Waals surface area contributed by atoms with Crippen LogP contribution in [-0.2, 0) is 9.59 Å². The predicted molar refractivity (Wildman–Crippen MR) is 96.6 cm³/mol. The molecule has 1 aromatic carbocycles. The molecule has 0 aromatic heterocycles. The molecule has 23 heavy (non-hydrogen) atoms. The van der Waals surface area contributed by atoms with Crippen LogP contribution >= 0.6 is 35.0 Å². The van der Waals surface area contributed by atoms with Crippen molar-refractivity contribution in [2.75, 3.05) is 18.0 Å². The fourth-order valence-electron chi connectivity index (χ4n) is 2.16. The van der Waals surface area contributed by atoms with Crippen molar-refractivity contribution in [2.24, 2.45) is 4.99 Å². The summed E-state index contributed by atoms with van der Waals surface area (Å²) in [7, 11) is 0. The Morgan fingerprint density at radius 3 is 2.70 bits per heavy atom. The van der Waals surface area contributed by atoms with E-state index in [-0.39, 0.29) is 18.2 Å². The van der Waals surface area contributed by atoms with Crippen molar-refractivity contribution in [3.63, 3.8) is 0 Å². The third-order valence-corrected chi connectivity index (χ3v) is 5.04. The van der Waals surface area contributed by atoms with Gasteiger partial charge in [0.15, 0.2) is 5.17 Å². The van der Waals surface area contributed by atoms with Crippen LogP contribution in [0.25, 0.3) is 0 Å². The second kappa shape index (κ2) is 8.04. The minimum atomic E-state index is -0.485. The third-order valence-electron chi connectivity index (χ3n) is 3.15. The monoisotopic (exact) mass is 373 g/mol. The molecule has 2 amide bonds. The number of nitrogens with one attached hydrogen (secondary N) is 1. The molecule has 1 aromatic rings. The summed E-state index contributed by atoms with van der Waals surface area (Å²) in [6, 6.07) is 4.71. The fraction of sp³-hybridized carbons (Fsp3) is 0.400. The number of hydrogen-bond donors (Lipinski definition) is 1. The number of hydrogen-bond acceptors (Lipinski definition) is 4. The molecule has 1 fully saturated rings. The lowest BCUT2D eigenvalue weighted by atomic mass is 10.3. The first kappa shape index (κ1) is 18.1. The van der Waals surface area contributed by atoms with Gasteiger partial charge < -0.3 is 5.32 Å². The second-order valence-electron chi connectivity index (χ2n) is 4.79. The van der Waals surface area contributed by atoms with E-state index in [0.717, 1.165) is 4.90 Å². The quantitative estimate of drug-likeness (QED) is 0.499. The van der Waals surface area contributed by atoms with Crippen LogP contribution in [0.2, 0.25) is 10.0 Å². The number of aliphatic imine (C=N–C) groups is 1. The molecule has 1 aliphatic heterocycles. The summed E-state index contributed by atoms with van der Waals surface area (Å²) >= 11 is 13.1. The van der Waals surface area contributed by atoms with Crippen molar-refractivity contribution in [2.45, 2.75) is 25.5 Å². The van der Waals surface area contributed by atoms with Gasteiger partial charge in [-0.05, 0) is 32.0 Å². The number of anilines is 1. The van der Waals surface area contributed by atoms with Gasteiger partial charge in [-0.25, -0.2) is 4.90 Å². The molecule has 0 unspecified atom stereocenters. The summed E-state index contributed by atoms with van der Waals surface area (Å²) in [4.78, 5) is 30.3. The number of amides is 2. The molecule has 0 radical (unpaired) electrons. The molecular weight excluding hydrogens is 357 g/mol. The minimum absolute atomic E-state index is 0.137. The summed E-state index contributed by atoms with van der Waals surface area (Å²) in [6.45, 7) is 5.19. The van der Waals surface area contributed by atoms with Gasteiger partial charge in [0, 0.05) is 19.5 Å². The smallest absolute Gasteiger partial charge is 0.247 e. The first-order chi connectivity index (χ1) is 11.0. The second-order valence-corrected chi connectivity index (χ2v) is 6.79. The molecule has 2 rings (SSSR count). The number of amidine groups is 1. The summed E-state index contributed by atoms with van der Waals surface area (Å²) < 4.78 is 0. The van der Waals surface area contributed by atoms with Gasteiger partial charge in [-0.2, -0.15) is 0 Å². The fourth-order valence-corrected chi connectivity index (χ4v) is 3.58. The minimum Gasteiger partial charge on any atom is -0.365 e. The number of carbonyl (C=O) groups is 2. The van der Waals surface area contributed by atoms with Crippen LogP contribution in [0.15, 0.2) is 23.2 Å². The largest absolute Gasteiger partial charge is 0.365 e. The van der Waals surface area contributed by atoms with Crippen LogP contribution in [0.5, 0.6) is 0 Å². The van der Waals surface area contributed by atoms with E-state index in [1.807, 2.05) is 13.8 Å². The van der Waals surface area contributed by atoms with Gasteiger partial charge in [0.05, 0.1) is 15.7 Å². The van der Waals surface area contributed by atoms with E-state index in [4.69, 9.17) is 23.2 Å². The van der Waals surface area contributed by atoms with E-state index in [2.05, 4.69) is 10.3 Å². The molecule has 124 valence electrons. The SMILES string of the molecule is CCN=C(NCC)S[C@@H]1CC(=O)N(c2ccc(Cl)c(Cl)c2)C1=O. The summed E-state index contributed by atoms with van der Waals surface area (Å²) in [5, 5.41) is 3.99. The molecule has 8 heteroatoms. The Bertz CT molecular complexity index is 652. The highest BCUT2D eigenvalue weighted by Crippen LogP contribution is 2.33. The van der Waals surface area contributed by atoms with E-state index in [1.54, 1.807) is 12.1 Å². The van der Waals surface area contributed by atoms with Crippen molar-refractivity contribution < 1.29 is 9.59 Å². The van der Waals surface area contributed by atoms with Crippen LogP contribution in [0.3, 0.4) is 0 Å². The summed E-state index contributed by atoms with van der Waals surface area (Å²) in [6.07, 6.45) is 0.137. The zero-order valence-corrected chi connectivity index (χ0v) is 15.1. The topological polar surface area (TPSA) is 61.8 Å². The van der Waals surface area contributed by atoms with E-state index in [1.165, 1.54) is 17.8 Å². The van der Waals surface area contributed by atoms with E-state index in [0.29, 0.717) is 34.0 Å². The highest BCUT2D eigenvalue weighted by atomic mass is 35.5. The van der Waals surface area contributed by atoms with Gasteiger partial charge in [0.2, 0.25) is 11.8 Å². The van der Waals surface area contributed by atoms with Crippen LogP contribution in [0.4, 0.5) is 5.69 Å².